The number of hydrogen-bond acceptors (Lipinski definition) is 2. The molecular formula is C14H12ClN3. The predicted molar refractivity (Wildman–Crippen MR) is 74.7 cm³/mol. The monoisotopic (exact) mass is 257 g/mol. The fraction of sp³-hybridized carbons (Fsp3) is 0.0714. The number of fused-ring (bicyclic) bond motifs is 1. The molecule has 0 saturated heterocycles. The van der Waals surface area contributed by atoms with E-state index in [0.29, 0.717) is 5.02 Å². The molecule has 0 aliphatic rings. The van der Waals surface area contributed by atoms with Gasteiger partial charge in [0.2, 0.25) is 0 Å². The molecule has 0 radical (unpaired) electrons. The molecular weight excluding hydrogens is 246 g/mol. The van der Waals surface area contributed by atoms with Gasteiger partial charge in [0.25, 0.3) is 0 Å². The number of pyridine rings is 1. The van der Waals surface area contributed by atoms with Crippen LogP contribution < -0.4 is 5.32 Å². The average Bonchev–Trinajstić information content (AvgIpc) is 2.67. The molecule has 4 heteroatoms. The van der Waals surface area contributed by atoms with Crippen molar-refractivity contribution >= 4 is 28.8 Å². The van der Waals surface area contributed by atoms with Gasteiger partial charge >= 0.3 is 0 Å². The second-order valence-corrected chi connectivity index (χ2v) is 4.55. The number of nitrogens with one attached hydrogen (secondary N) is 1. The first kappa shape index (κ1) is 11.1. The number of aryl methyl sites for hydroxylation is 1. The molecule has 18 heavy (non-hydrogen) atoms. The summed E-state index contributed by atoms with van der Waals surface area (Å²) >= 11 is 6.03. The lowest BCUT2D eigenvalue weighted by molar-refractivity contribution is 1.18. The highest BCUT2D eigenvalue weighted by Gasteiger charge is 2.08. The fourth-order valence-electron chi connectivity index (χ4n) is 1.95. The van der Waals surface area contributed by atoms with Crippen LogP contribution in [0.1, 0.15) is 5.69 Å². The van der Waals surface area contributed by atoms with Crippen LogP contribution in [0.4, 0.5) is 11.5 Å². The van der Waals surface area contributed by atoms with Crippen molar-refractivity contribution in [1.29, 1.82) is 0 Å². The largest absolute Gasteiger partial charge is 0.340 e. The predicted octanol–water partition coefficient (Wildman–Crippen LogP) is 4.04. The van der Waals surface area contributed by atoms with E-state index in [1.165, 1.54) is 0 Å². The molecule has 0 fully saturated rings. The van der Waals surface area contributed by atoms with Crippen LogP contribution in [-0.2, 0) is 0 Å². The molecule has 1 N–H and O–H groups in total. The highest BCUT2D eigenvalue weighted by atomic mass is 35.5. The van der Waals surface area contributed by atoms with Crippen molar-refractivity contribution in [2.45, 2.75) is 6.92 Å². The van der Waals surface area contributed by atoms with E-state index >= 15 is 0 Å². The molecule has 0 saturated carbocycles. The van der Waals surface area contributed by atoms with E-state index < -0.39 is 0 Å². The van der Waals surface area contributed by atoms with Crippen LogP contribution in [0, 0.1) is 6.92 Å². The van der Waals surface area contributed by atoms with Crippen LogP contribution in [0.25, 0.3) is 5.65 Å². The van der Waals surface area contributed by atoms with Gasteiger partial charge < -0.3 is 5.32 Å². The summed E-state index contributed by atoms with van der Waals surface area (Å²) < 4.78 is 1.96. The second-order valence-electron chi connectivity index (χ2n) is 4.11. The zero-order valence-corrected chi connectivity index (χ0v) is 10.6. The van der Waals surface area contributed by atoms with E-state index in [0.717, 1.165) is 22.8 Å². The first-order chi connectivity index (χ1) is 8.74. The Labute approximate surface area is 110 Å². The van der Waals surface area contributed by atoms with E-state index in [4.69, 9.17) is 11.6 Å². The zero-order chi connectivity index (χ0) is 12.5. The van der Waals surface area contributed by atoms with E-state index in [9.17, 15) is 0 Å². The van der Waals surface area contributed by atoms with Crippen molar-refractivity contribution < 1.29 is 0 Å². The Balaban J connectivity index is 2.11. The van der Waals surface area contributed by atoms with Crippen molar-refractivity contribution in [1.82, 2.24) is 9.38 Å². The van der Waals surface area contributed by atoms with Gasteiger partial charge in [-0.05, 0) is 31.2 Å². The number of imidazole rings is 1. The van der Waals surface area contributed by atoms with E-state index in [-0.39, 0.29) is 0 Å². The lowest BCUT2D eigenvalue weighted by Crippen LogP contribution is -1.96. The van der Waals surface area contributed by atoms with Gasteiger partial charge in [0, 0.05) is 11.9 Å². The molecule has 0 aliphatic heterocycles. The number of aromatic nitrogens is 2. The smallest absolute Gasteiger partial charge is 0.138 e. The maximum atomic E-state index is 6.03. The molecule has 0 aliphatic carbocycles. The van der Waals surface area contributed by atoms with Gasteiger partial charge in [-0.25, -0.2) is 4.98 Å². The summed E-state index contributed by atoms with van der Waals surface area (Å²) in [5.74, 6) is 0.943. The number of nitrogens with zero attached hydrogens (tertiary/aromatic N) is 2. The maximum absolute atomic E-state index is 6.03. The SMILES string of the molecule is Cc1nc2ccc(Cl)cn2c1Nc1ccccc1. The third kappa shape index (κ3) is 1.93. The maximum Gasteiger partial charge on any atom is 0.138 e. The number of hydrogen-bond donors (Lipinski definition) is 1. The van der Waals surface area contributed by atoms with Crippen molar-refractivity contribution in [2.75, 3.05) is 5.32 Å². The Hall–Kier alpha value is -2.00. The Bertz CT molecular complexity index is 689. The molecule has 0 atom stereocenters. The van der Waals surface area contributed by atoms with Crippen molar-refractivity contribution in [3.63, 3.8) is 0 Å². The molecule has 3 nitrogen and oxygen atoms in total. The normalized spacial score (nSPS) is 10.8. The Morgan fingerprint density at radius 3 is 2.67 bits per heavy atom. The number of halogens is 1. The lowest BCUT2D eigenvalue weighted by atomic mass is 10.3. The van der Waals surface area contributed by atoms with E-state index in [1.54, 1.807) is 0 Å². The average molecular weight is 258 g/mol. The second kappa shape index (κ2) is 4.35. The molecule has 2 heterocycles. The zero-order valence-electron chi connectivity index (χ0n) is 9.89. The summed E-state index contributed by atoms with van der Waals surface area (Å²) in [6, 6.07) is 13.8. The van der Waals surface area contributed by atoms with Crippen molar-refractivity contribution in [3.8, 4) is 0 Å². The Kier molecular flexibility index (Phi) is 2.68. The summed E-state index contributed by atoms with van der Waals surface area (Å²) in [6.07, 6.45) is 1.86. The van der Waals surface area contributed by atoms with Gasteiger partial charge in [0.05, 0.1) is 10.7 Å². The van der Waals surface area contributed by atoms with Crippen LogP contribution in [0.2, 0.25) is 5.02 Å². The molecule has 3 rings (SSSR count). The highest BCUT2D eigenvalue weighted by Crippen LogP contribution is 2.23. The third-order valence-electron chi connectivity index (χ3n) is 2.79. The van der Waals surface area contributed by atoms with Crippen LogP contribution in [0.15, 0.2) is 48.7 Å². The topological polar surface area (TPSA) is 29.3 Å². The Morgan fingerprint density at radius 1 is 1.11 bits per heavy atom. The lowest BCUT2D eigenvalue weighted by Gasteiger charge is -2.07. The quantitative estimate of drug-likeness (QED) is 0.751. The third-order valence-corrected chi connectivity index (χ3v) is 3.02. The number of benzene rings is 1. The summed E-state index contributed by atoms with van der Waals surface area (Å²) in [7, 11) is 0. The number of rotatable bonds is 2. The molecule has 3 aromatic rings. The van der Waals surface area contributed by atoms with Gasteiger partial charge in [-0.1, -0.05) is 29.8 Å². The number of anilines is 2. The molecule has 0 spiro atoms. The fourth-order valence-corrected chi connectivity index (χ4v) is 2.11. The van der Waals surface area contributed by atoms with Gasteiger partial charge in [0.1, 0.15) is 11.5 Å². The van der Waals surface area contributed by atoms with E-state index in [2.05, 4.69) is 10.3 Å². The van der Waals surface area contributed by atoms with Crippen molar-refractivity contribution in [2.24, 2.45) is 0 Å². The molecule has 0 unspecified atom stereocenters. The molecule has 0 amide bonds. The van der Waals surface area contributed by atoms with Gasteiger partial charge in [-0.2, -0.15) is 0 Å². The summed E-state index contributed by atoms with van der Waals surface area (Å²) in [4.78, 5) is 4.49. The van der Waals surface area contributed by atoms with E-state index in [1.807, 2.05) is 60.0 Å². The van der Waals surface area contributed by atoms with Crippen LogP contribution in [0.3, 0.4) is 0 Å². The highest BCUT2D eigenvalue weighted by molar-refractivity contribution is 6.30. The minimum Gasteiger partial charge on any atom is -0.340 e. The van der Waals surface area contributed by atoms with Crippen LogP contribution in [0.5, 0.6) is 0 Å². The molecule has 0 bridgehead atoms. The van der Waals surface area contributed by atoms with Gasteiger partial charge in [0.15, 0.2) is 0 Å². The van der Waals surface area contributed by atoms with Crippen molar-refractivity contribution in [3.05, 3.63) is 59.4 Å². The number of para-hydroxylation sites is 1. The summed E-state index contributed by atoms with van der Waals surface area (Å²) in [5, 5.41) is 4.05. The minimum absolute atomic E-state index is 0.691. The summed E-state index contributed by atoms with van der Waals surface area (Å²) in [5.41, 5.74) is 2.86. The molecule has 90 valence electrons. The molecule has 2 aromatic heterocycles. The standard InChI is InChI=1S/C14H12ClN3/c1-10-14(17-12-5-3-2-4-6-12)18-9-11(15)7-8-13(18)16-10/h2-9,17H,1H3. The minimum atomic E-state index is 0.691. The Morgan fingerprint density at radius 2 is 1.89 bits per heavy atom. The van der Waals surface area contributed by atoms with Gasteiger partial charge in [-0.3, -0.25) is 4.40 Å². The van der Waals surface area contributed by atoms with Gasteiger partial charge in [-0.15, -0.1) is 0 Å². The molecule has 1 aromatic carbocycles. The summed E-state index contributed by atoms with van der Waals surface area (Å²) in [6.45, 7) is 1.98. The first-order valence-corrected chi connectivity index (χ1v) is 6.08. The van der Waals surface area contributed by atoms with Crippen LogP contribution in [-0.4, -0.2) is 9.38 Å². The van der Waals surface area contributed by atoms with Crippen LogP contribution >= 0.6 is 11.6 Å². The first-order valence-electron chi connectivity index (χ1n) is 5.70.